The van der Waals surface area contributed by atoms with E-state index in [0.717, 1.165) is 4.90 Å². The van der Waals surface area contributed by atoms with Crippen molar-refractivity contribution in [2.75, 3.05) is 25.0 Å². The summed E-state index contributed by atoms with van der Waals surface area (Å²) in [5.74, 6) is 0.747. The standard InChI is InChI=1S/C17H19F3N6O/c1-9-23-12-8-22-16(11(7-21)13(12)17(27)24-9)25(2)10-3-5-26(6-4-10)15(20)14(18)19/h8,10,14-15H,3-6H2,1-2H3,(H,23,24,27). The molecule has 0 aromatic carbocycles. The van der Waals surface area contributed by atoms with Gasteiger partial charge in [-0.15, -0.1) is 0 Å². The minimum atomic E-state index is -3.03. The number of aryl methyl sites for hydroxylation is 1. The molecule has 10 heteroatoms. The summed E-state index contributed by atoms with van der Waals surface area (Å²) in [6, 6.07) is 1.92. The molecule has 1 N–H and O–H groups in total. The number of nitriles is 1. The molecule has 1 atom stereocenters. The Hall–Kier alpha value is -2.67. The Kier molecular flexibility index (Phi) is 5.32. The molecule has 1 fully saturated rings. The third-order valence-electron chi connectivity index (χ3n) is 4.90. The first-order valence-corrected chi connectivity index (χ1v) is 8.52. The number of pyridine rings is 1. The molecular formula is C17H19F3N6O. The smallest absolute Gasteiger partial charge is 0.282 e. The molecule has 3 heterocycles. The maximum Gasteiger partial charge on any atom is 0.282 e. The van der Waals surface area contributed by atoms with Crippen LogP contribution in [0.3, 0.4) is 0 Å². The zero-order valence-corrected chi connectivity index (χ0v) is 14.9. The van der Waals surface area contributed by atoms with E-state index in [1.54, 1.807) is 18.9 Å². The van der Waals surface area contributed by atoms with Gasteiger partial charge in [0, 0.05) is 26.2 Å². The van der Waals surface area contributed by atoms with E-state index >= 15 is 0 Å². The van der Waals surface area contributed by atoms with Gasteiger partial charge < -0.3 is 9.88 Å². The minimum absolute atomic E-state index is 0.110. The van der Waals surface area contributed by atoms with Crippen molar-refractivity contribution in [3.8, 4) is 6.07 Å². The number of halogens is 3. The van der Waals surface area contributed by atoms with Crippen molar-refractivity contribution < 1.29 is 13.2 Å². The van der Waals surface area contributed by atoms with Gasteiger partial charge >= 0.3 is 0 Å². The highest BCUT2D eigenvalue weighted by Crippen LogP contribution is 2.27. The highest BCUT2D eigenvalue weighted by Gasteiger charge is 2.32. The number of hydrogen-bond donors (Lipinski definition) is 1. The number of likely N-dealkylation sites (tertiary alicyclic amines) is 1. The van der Waals surface area contributed by atoms with E-state index in [-0.39, 0.29) is 30.1 Å². The molecule has 0 radical (unpaired) electrons. The molecule has 3 rings (SSSR count). The Labute approximate surface area is 153 Å². The van der Waals surface area contributed by atoms with E-state index in [9.17, 15) is 23.2 Å². The van der Waals surface area contributed by atoms with Crippen LogP contribution in [0.15, 0.2) is 11.0 Å². The van der Waals surface area contributed by atoms with Crippen molar-refractivity contribution in [1.29, 1.82) is 5.26 Å². The van der Waals surface area contributed by atoms with Crippen LogP contribution in [-0.4, -0.2) is 58.8 Å². The van der Waals surface area contributed by atoms with E-state index < -0.39 is 18.3 Å². The highest BCUT2D eigenvalue weighted by atomic mass is 19.3. The molecular weight excluding hydrogens is 361 g/mol. The van der Waals surface area contributed by atoms with Gasteiger partial charge in [-0.05, 0) is 19.8 Å². The fraction of sp³-hybridized carbons (Fsp3) is 0.529. The first kappa shape index (κ1) is 19.1. The molecule has 1 aliphatic heterocycles. The molecule has 1 saturated heterocycles. The van der Waals surface area contributed by atoms with Crippen molar-refractivity contribution in [3.63, 3.8) is 0 Å². The Bertz CT molecular complexity index is 933. The van der Waals surface area contributed by atoms with Crippen LogP contribution in [0.25, 0.3) is 10.9 Å². The third-order valence-corrected chi connectivity index (χ3v) is 4.90. The summed E-state index contributed by atoms with van der Waals surface area (Å²) in [6.45, 7) is 1.99. The number of anilines is 1. The van der Waals surface area contributed by atoms with E-state index in [0.29, 0.717) is 30.0 Å². The van der Waals surface area contributed by atoms with Gasteiger partial charge in [0.25, 0.3) is 12.0 Å². The predicted octanol–water partition coefficient (Wildman–Crippen LogP) is 1.96. The number of nitrogens with zero attached hydrogens (tertiary/aromatic N) is 5. The van der Waals surface area contributed by atoms with Crippen LogP contribution in [0.5, 0.6) is 0 Å². The van der Waals surface area contributed by atoms with Gasteiger partial charge in [0.15, 0.2) is 0 Å². The Balaban J connectivity index is 1.88. The van der Waals surface area contributed by atoms with Crippen LogP contribution in [0.1, 0.15) is 24.2 Å². The van der Waals surface area contributed by atoms with Gasteiger partial charge in [0.05, 0.1) is 17.1 Å². The largest absolute Gasteiger partial charge is 0.355 e. The van der Waals surface area contributed by atoms with E-state index in [4.69, 9.17) is 0 Å². The first-order valence-electron chi connectivity index (χ1n) is 8.52. The molecule has 1 unspecified atom stereocenters. The lowest BCUT2D eigenvalue weighted by atomic mass is 10.0. The van der Waals surface area contributed by atoms with Crippen LogP contribution in [0.4, 0.5) is 19.0 Å². The van der Waals surface area contributed by atoms with Gasteiger partial charge in [0.1, 0.15) is 23.3 Å². The summed E-state index contributed by atoms with van der Waals surface area (Å²) in [4.78, 5) is 26.2. The van der Waals surface area contributed by atoms with Crippen LogP contribution in [0.2, 0.25) is 0 Å². The summed E-state index contributed by atoms with van der Waals surface area (Å²) < 4.78 is 38.6. The topological polar surface area (TPSA) is 88.9 Å². The number of aromatic amines is 1. The fourth-order valence-corrected chi connectivity index (χ4v) is 3.47. The Morgan fingerprint density at radius 2 is 2.04 bits per heavy atom. The molecule has 1 aliphatic rings. The summed E-state index contributed by atoms with van der Waals surface area (Å²) in [5.41, 5.74) is 0.0252. The van der Waals surface area contributed by atoms with Crippen LogP contribution >= 0.6 is 0 Å². The second kappa shape index (κ2) is 7.52. The molecule has 2 aromatic rings. The molecule has 144 valence electrons. The van der Waals surface area contributed by atoms with Gasteiger partial charge in [-0.25, -0.2) is 23.1 Å². The maximum absolute atomic E-state index is 13.5. The number of H-pyrrole nitrogens is 1. The van der Waals surface area contributed by atoms with Gasteiger partial charge in [-0.2, -0.15) is 5.26 Å². The van der Waals surface area contributed by atoms with Crippen molar-refractivity contribution in [1.82, 2.24) is 19.9 Å². The number of nitrogens with one attached hydrogen (secondary N) is 1. The van der Waals surface area contributed by atoms with Crippen LogP contribution in [-0.2, 0) is 0 Å². The van der Waals surface area contributed by atoms with E-state index in [1.165, 1.54) is 6.20 Å². The Morgan fingerprint density at radius 3 is 2.63 bits per heavy atom. The SMILES string of the molecule is Cc1nc2cnc(N(C)C3CCN(C(F)C(F)F)CC3)c(C#N)c2c(=O)[nH]1. The molecule has 0 amide bonds. The lowest BCUT2D eigenvalue weighted by Gasteiger charge is -2.38. The number of fused-ring (bicyclic) bond motifs is 1. The van der Waals surface area contributed by atoms with Gasteiger partial charge in [-0.1, -0.05) is 0 Å². The van der Waals surface area contributed by atoms with Crippen molar-refractivity contribution in [2.45, 2.75) is 38.5 Å². The minimum Gasteiger partial charge on any atom is -0.355 e. The fourth-order valence-electron chi connectivity index (χ4n) is 3.47. The molecule has 0 aliphatic carbocycles. The summed E-state index contributed by atoms with van der Waals surface area (Å²) in [6.07, 6.45) is -2.98. The summed E-state index contributed by atoms with van der Waals surface area (Å²) in [5, 5.41) is 9.76. The maximum atomic E-state index is 13.5. The van der Waals surface area contributed by atoms with E-state index in [1.807, 2.05) is 6.07 Å². The molecule has 0 bridgehead atoms. The third kappa shape index (κ3) is 3.60. The van der Waals surface area contributed by atoms with Gasteiger partial charge in [0.2, 0.25) is 6.30 Å². The van der Waals surface area contributed by atoms with Crippen molar-refractivity contribution in [2.24, 2.45) is 0 Å². The normalized spacial score (nSPS) is 17.2. The summed E-state index contributed by atoms with van der Waals surface area (Å²) in [7, 11) is 1.73. The second-order valence-corrected chi connectivity index (χ2v) is 6.57. The molecule has 2 aromatic heterocycles. The van der Waals surface area contributed by atoms with Crippen molar-refractivity contribution in [3.05, 3.63) is 27.9 Å². The molecule has 27 heavy (non-hydrogen) atoms. The average Bonchev–Trinajstić information content (AvgIpc) is 2.65. The zero-order valence-electron chi connectivity index (χ0n) is 14.9. The quantitative estimate of drug-likeness (QED) is 0.816. The highest BCUT2D eigenvalue weighted by molar-refractivity contribution is 5.87. The molecule has 0 spiro atoms. The second-order valence-electron chi connectivity index (χ2n) is 6.57. The van der Waals surface area contributed by atoms with E-state index in [2.05, 4.69) is 15.0 Å². The van der Waals surface area contributed by atoms with Crippen LogP contribution in [0, 0.1) is 18.3 Å². The lowest BCUT2D eigenvalue weighted by Crippen LogP contribution is -2.48. The van der Waals surface area contributed by atoms with Crippen molar-refractivity contribution >= 4 is 16.7 Å². The lowest BCUT2D eigenvalue weighted by molar-refractivity contribution is -0.0573. The molecule has 7 nitrogen and oxygen atoms in total. The number of piperidine rings is 1. The van der Waals surface area contributed by atoms with Crippen LogP contribution < -0.4 is 10.5 Å². The Morgan fingerprint density at radius 1 is 1.37 bits per heavy atom. The number of alkyl halides is 3. The van der Waals surface area contributed by atoms with Gasteiger partial charge in [-0.3, -0.25) is 9.69 Å². The number of rotatable bonds is 4. The average molecular weight is 380 g/mol. The predicted molar refractivity (Wildman–Crippen MR) is 93.5 cm³/mol. The number of hydrogen-bond acceptors (Lipinski definition) is 6. The summed E-state index contributed by atoms with van der Waals surface area (Å²) >= 11 is 0. The zero-order chi connectivity index (χ0) is 19.7. The monoisotopic (exact) mass is 380 g/mol. The first-order chi connectivity index (χ1) is 12.8. The molecule has 0 saturated carbocycles. The number of aromatic nitrogens is 3.